The molecule has 0 amide bonds. The molecular weight excluding hydrogens is 397 g/mol. The summed E-state index contributed by atoms with van der Waals surface area (Å²) in [6, 6.07) is 13.8. The van der Waals surface area contributed by atoms with Crippen LogP contribution < -0.4 is 5.56 Å². The van der Waals surface area contributed by atoms with E-state index in [4.69, 9.17) is 4.52 Å². The van der Waals surface area contributed by atoms with Crippen molar-refractivity contribution in [1.82, 2.24) is 24.3 Å². The Morgan fingerprint density at radius 2 is 1.94 bits per heavy atom. The lowest BCUT2D eigenvalue weighted by Crippen LogP contribution is -2.22. The van der Waals surface area contributed by atoms with E-state index < -0.39 is 0 Å². The Balaban J connectivity index is 1.47. The van der Waals surface area contributed by atoms with Gasteiger partial charge < -0.3 is 9.09 Å². The maximum Gasteiger partial charge on any atom is 0.277 e. The van der Waals surface area contributed by atoms with E-state index in [0.29, 0.717) is 16.9 Å². The molecule has 0 spiro atoms. The largest absolute Gasteiger partial charge is 0.334 e. The number of hydrogen-bond donors (Lipinski definition) is 0. The van der Waals surface area contributed by atoms with Crippen LogP contribution in [0.4, 0.5) is 4.39 Å². The molecular formula is C23H18FN5O2. The summed E-state index contributed by atoms with van der Waals surface area (Å²) in [6.45, 7) is 4.19. The molecule has 0 saturated heterocycles. The topological polar surface area (TPSA) is 78.2 Å². The zero-order chi connectivity index (χ0) is 21.5. The van der Waals surface area contributed by atoms with Gasteiger partial charge in [0.05, 0.1) is 12.2 Å². The van der Waals surface area contributed by atoms with E-state index in [2.05, 4.69) is 21.3 Å². The third-order valence-corrected chi connectivity index (χ3v) is 5.11. The average molecular weight is 415 g/mol. The summed E-state index contributed by atoms with van der Waals surface area (Å²) in [5, 5.41) is 8.47. The van der Waals surface area contributed by atoms with Crippen molar-refractivity contribution in [3.8, 4) is 22.7 Å². The molecule has 0 unspecified atom stereocenters. The lowest BCUT2D eigenvalue weighted by atomic mass is 10.0. The Kier molecular flexibility index (Phi) is 4.47. The van der Waals surface area contributed by atoms with Gasteiger partial charge in [0.25, 0.3) is 11.4 Å². The first kappa shape index (κ1) is 18.9. The van der Waals surface area contributed by atoms with Crippen LogP contribution in [0, 0.1) is 19.7 Å². The van der Waals surface area contributed by atoms with E-state index >= 15 is 0 Å². The number of fused-ring (bicyclic) bond motifs is 1. The number of nitrogens with zero attached hydrogens (tertiary/aromatic N) is 5. The van der Waals surface area contributed by atoms with Gasteiger partial charge in [-0.25, -0.2) is 8.91 Å². The average Bonchev–Trinajstić information content (AvgIpc) is 3.38. The van der Waals surface area contributed by atoms with Gasteiger partial charge in [-0.3, -0.25) is 4.79 Å². The third kappa shape index (κ3) is 3.52. The van der Waals surface area contributed by atoms with Crippen LogP contribution in [0.15, 0.2) is 70.2 Å². The molecule has 5 rings (SSSR count). The SMILES string of the molecule is Cc1ccc(-c2cc3c(=O)n(Cc4noc(-c5cccc(F)c5)n4)ccn3n2)c(C)c1. The molecule has 31 heavy (non-hydrogen) atoms. The Morgan fingerprint density at radius 3 is 2.74 bits per heavy atom. The fraction of sp³-hybridized carbons (Fsp3) is 0.130. The van der Waals surface area contributed by atoms with Gasteiger partial charge in [-0.2, -0.15) is 10.1 Å². The summed E-state index contributed by atoms with van der Waals surface area (Å²) in [7, 11) is 0. The summed E-state index contributed by atoms with van der Waals surface area (Å²) in [5.41, 5.74) is 4.70. The molecule has 5 aromatic rings. The van der Waals surface area contributed by atoms with E-state index in [1.807, 2.05) is 26.0 Å². The van der Waals surface area contributed by atoms with Gasteiger partial charge in [-0.15, -0.1) is 0 Å². The van der Waals surface area contributed by atoms with Gasteiger partial charge >= 0.3 is 0 Å². The van der Waals surface area contributed by atoms with Crippen LogP contribution in [0.1, 0.15) is 17.0 Å². The molecule has 3 aromatic heterocycles. The molecule has 0 bridgehead atoms. The second-order valence-corrected chi connectivity index (χ2v) is 7.44. The number of aromatic nitrogens is 5. The van der Waals surface area contributed by atoms with Crippen molar-refractivity contribution in [1.29, 1.82) is 0 Å². The van der Waals surface area contributed by atoms with Gasteiger partial charge in [-0.05, 0) is 43.7 Å². The summed E-state index contributed by atoms with van der Waals surface area (Å²) in [4.78, 5) is 17.3. The van der Waals surface area contributed by atoms with E-state index in [1.54, 1.807) is 35.1 Å². The first-order valence-electron chi connectivity index (χ1n) is 9.73. The van der Waals surface area contributed by atoms with Crippen LogP contribution in [-0.4, -0.2) is 24.3 Å². The normalized spacial score (nSPS) is 11.3. The maximum absolute atomic E-state index is 13.4. The Bertz CT molecular complexity index is 1480. The van der Waals surface area contributed by atoms with Crippen LogP contribution in [0.3, 0.4) is 0 Å². The number of aryl methyl sites for hydroxylation is 2. The number of rotatable bonds is 4. The molecule has 0 radical (unpaired) electrons. The van der Waals surface area contributed by atoms with E-state index in [9.17, 15) is 9.18 Å². The minimum Gasteiger partial charge on any atom is -0.334 e. The molecule has 2 aromatic carbocycles. The first-order valence-corrected chi connectivity index (χ1v) is 9.73. The van der Waals surface area contributed by atoms with Gasteiger partial charge in [0.2, 0.25) is 0 Å². The van der Waals surface area contributed by atoms with E-state index in [0.717, 1.165) is 16.8 Å². The minimum atomic E-state index is -0.390. The van der Waals surface area contributed by atoms with Crippen molar-refractivity contribution in [3.63, 3.8) is 0 Å². The van der Waals surface area contributed by atoms with Crippen LogP contribution >= 0.6 is 0 Å². The lowest BCUT2D eigenvalue weighted by molar-refractivity contribution is 0.420. The summed E-state index contributed by atoms with van der Waals surface area (Å²) < 4.78 is 21.7. The van der Waals surface area contributed by atoms with Crippen molar-refractivity contribution in [2.24, 2.45) is 0 Å². The van der Waals surface area contributed by atoms with Gasteiger partial charge in [0.1, 0.15) is 11.3 Å². The Morgan fingerprint density at radius 1 is 1.06 bits per heavy atom. The van der Waals surface area contributed by atoms with Crippen LogP contribution in [-0.2, 0) is 6.54 Å². The highest BCUT2D eigenvalue weighted by Crippen LogP contribution is 2.23. The maximum atomic E-state index is 13.4. The van der Waals surface area contributed by atoms with Gasteiger partial charge in [0, 0.05) is 23.5 Å². The molecule has 154 valence electrons. The predicted octanol–water partition coefficient (Wildman–Crippen LogP) is 4.02. The van der Waals surface area contributed by atoms with Gasteiger partial charge in [0.15, 0.2) is 5.82 Å². The molecule has 0 saturated carbocycles. The van der Waals surface area contributed by atoms with Crippen molar-refractivity contribution in [2.75, 3.05) is 0 Å². The zero-order valence-corrected chi connectivity index (χ0v) is 16.9. The van der Waals surface area contributed by atoms with Crippen LogP contribution in [0.5, 0.6) is 0 Å². The molecule has 0 fully saturated rings. The summed E-state index contributed by atoms with van der Waals surface area (Å²) in [5.74, 6) is 0.129. The fourth-order valence-electron chi connectivity index (χ4n) is 3.59. The minimum absolute atomic E-state index is 0.123. The van der Waals surface area contributed by atoms with E-state index in [-0.39, 0.29) is 23.8 Å². The molecule has 0 aliphatic rings. The fourth-order valence-corrected chi connectivity index (χ4v) is 3.59. The lowest BCUT2D eigenvalue weighted by Gasteiger charge is -2.03. The number of hydrogen-bond acceptors (Lipinski definition) is 5. The quantitative estimate of drug-likeness (QED) is 0.443. The molecule has 8 heteroatoms. The Hall–Kier alpha value is -4.07. The highest BCUT2D eigenvalue weighted by Gasteiger charge is 2.14. The molecule has 0 atom stereocenters. The molecule has 0 aliphatic heterocycles. The highest BCUT2D eigenvalue weighted by atomic mass is 19.1. The predicted molar refractivity (Wildman–Crippen MR) is 113 cm³/mol. The summed E-state index contributed by atoms with van der Waals surface area (Å²) >= 11 is 0. The Labute approximate surface area is 176 Å². The van der Waals surface area contributed by atoms with Crippen molar-refractivity contribution < 1.29 is 8.91 Å². The zero-order valence-electron chi connectivity index (χ0n) is 16.9. The summed E-state index contributed by atoms with van der Waals surface area (Å²) in [6.07, 6.45) is 3.35. The van der Waals surface area contributed by atoms with Crippen LogP contribution in [0.25, 0.3) is 28.2 Å². The van der Waals surface area contributed by atoms with Crippen LogP contribution in [0.2, 0.25) is 0 Å². The highest BCUT2D eigenvalue weighted by molar-refractivity contribution is 5.68. The molecule has 3 heterocycles. The second-order valence-electron chi connectivity index (χ2n) is 7.44. The van der Waals surface area contributed by atoms with Crippen molar-refractivity contribution >= 4 is 5.52 Å². The smallest absolute Gasteiger partial charge is 0.277 e. The standard InChI is InChI=1S/C23H18FN5O2/c1-14-6-7-18(15(2)10-14)19-12-20-23(30)28(8-9-29(20)26-19)13-21-25-22(31-27-21)16-4-3-5-17(24)11-16/h3-12H,13H2,1-2H3. The molecule has 0 aliphatic carbocycles. The molecule has 0 N–H and O–H groups in total. The second kappa shape index (κ2) is 7.32. The van der Waals surface area contributed by atoms with Crippen molar-refractivity contribution in [2.45, 2.75) is 20.4 Å². The third-order valence-electron chi connectivity index (χ3n) is 5.11. The number of benzene rings is 2. The van der Waals surface area contributed by atoms with Gasteiger partial charge in [-0.1, -0.05) is 35.0 Å². The first-order chi connectivity index (χ1) is 15.0. The van der Waals surface area contributed by atoms with E-state index in [1.165, 1.54) is 22.3 Å². The molecule has 7 nitrogen and oxygen atoms in total. The monoisotopic (exact) mass is 415 g/mol. The van der Waals surface area contributed by atoms with Crippen molar-refractivity contribution in [3.05, 3.63) is 94.0 Å². The number of halogens is 1.